The Balaban J connectivity index is 1.47. The van der Waals surface area contributed by atoms with E-state index in [0.717, 1.165) is 40.6 Å². The molecular weight excluding hydrogens is 448 g/mol. The predicted molar refractivity (Wildman–Crippen MR) is 135 cm³/mol. The summed E-state index contributed by atoms with van der Waals surface area (Å²) in [6.07, 6.45) is 3.30. The largest absolute Gasteiger partial charge is 0.468 e. The Morgan fingerprint density at radius 1 is 1.09 bits per heavy atom. The Bertz CT molecular complexity index is 1360. The maximum Gasteiger partial charge on any atom is 0.315 e. The Hall–Kier alpha value is -3.57. The first kappa shape index (κ1) is 22.2. The summed E-state index contributed by atoms with van der Waals surface area (Å²) < 4.78 is 12.9. The monoisotopic (exact) mass is 472 g/mol. The second-order valence-electron chi connectivity index (χ2n) is 8.62. The van der Waals surface area contributed by atoms with Crippen LogP contribution in [0.5, 0.6) is 6.01 Å². The number of nitrogens with zero attached hydrogens (tertiary/aromatic N) is 2. The first-order chi connectivity index (χ1) is 16.5. The van der Waals surface area contributed by atoms with E-state index in [1.165, 1.54) is 12.7 Å². The van der Waals surface area contributed by atoms with Crippen LogP contribution in [0.2, 0.25) is 5.02 Å². The van der Waals surface area contributed by atoms with Crippen LogP contribution in [0.3, 0.4) is 0 Å². The minimum atomic E-state index is -0.560. The summed E-state index contributed by atoms with van der Waals surface area (Å²) in [5, 5.41) is 0.630. The molecule has 172 valence electrons. The number of hydrogen-bond donors (Lipinski definition) is 0. The number of allylic oxidation sites excluding steroid dienone is 1. The van der Waals surface area contributed by atoms with Gasteiger partial charge in [0.15, 0.2) is 0 Å². The molecule has 1 aromatic heterocycles. The molecule has 0 aliphatic heterocycles. The van der Waals surface area contributed by atoms with Crippen molar-refractivity contribution in [3.8, 4) is 28.3 Å². The number of ether oxygens (including phenoxy) is 2. The predicted octanol–water partition coefficient (Wildman–Crippen LogP) is 6.54. The lowest BCUT2D eigenvalue weighted by atomic mass is 10.00. The number of benzene rings is 3. The Morgan fingerprint density at radius 2 is 1.76 bits per heavy atom. The highest BCUT2D eigenvalue weighted by Gasteiger charge is 2.52. The van der Waals surface area contributed by atoms with Crippen LogP contribution < -0.4 is 4.74 Å². The summed E-state index contributed by atoms with van der Waals surface area (Å²) in [4.78, 5) is 16.8. The summed E-state index contributed by atoms with van der Waals surface area (Å²) in [5.41, 5.74) is 5.29. The fraction of sp³-hybridized carbons (Fsp3) is 0.214. The number of carbonyl (C=O) groups is 1. The van der Waals surface area contributed by atoms with Crippen molar-refractivity contribution in [3.05, 3.63) is 84.4 Å². The van der Waals surface area contributed by atoms with Gasteiger partial charge in [-0.25, -0.2) is 0 Å². The lowest BCUT2D eigenvalue weighted by Gasteiger charge is -2.14. The molecule has 0 N–H and O–H groups in total. The summed E-state index contributed by atoms with van der Waals surface area (Å²) in [6, 6.07) is 22.9. The minimum absolute atomic E-state index is 0.233. The van der Waals surface area contributed by atoms with E-state index in [1.54, 1.807) is 6.08 Å². The van der Waals surface area contributed by atoms with E-state index in [4.69, 9.17) is 26.1 Å². The second kappa shape index (κ2) is 8.99. The molecule has 4 aromatic rings. The van der Waals surface area contributed by atoms with Crippen LogP contribution in [0.4, 0.5) is 0 Å². The molecule has 0 unspecified atom stereocenters. The summed E-state index contributed by atoms with van der Waals surface area (Å²) in [7, 11) is 1.41. The number of esters is 1. The van der Waals surface area contributed by atoms with Crippen molar-refractivity contribution in [1.82, 2.24) is 9.55 Å². The van der Waals surface area contributed by atoms with Crippen molar-refractivity contribution < 1.29 is 14.3 Å². The zero-order valence-corrected chi connectivity index (χ0v) is 19.7. The van der Waals surface area contributed by atoms with Crippen LogP contribution >= 0.6 is 11.6 Å². The van der Waals surface area contributed by atoms with E-state index in [9.17, 15) is 4.79 Å². The molecule has 0 spiro atoms. The number of halogens is 1. The third kappa shape index (κ3) is 4.08. The van der Waals surface area contributed by atoms with E-state index < -0.39 is 5.41 Å². The van der Waals surface area contributed by atoms with Gasteiger partial charge in [0, 0.05) is 12.1 Å². The molecule has 1 aliphatic rings. The molecule has 1 aliphatic carbocycles. The van der Waals surface area contributed by atoms with Crippen molar-refractivity contribution in [2.45, 2.75) is 19.4 Å². The minimum Gasteiger partial charge on any atom is -0.468 e. The topological polar surface area (TPSA) is 53.4 Å². The number of methoxy groups -OCH3 is 1. The number of hydrogen-bond acceptors (Lipinski definition) is 4. The van der Waals surface area contributed by atoms with Crippen molar-refractivity contribution >= 4 is 28.6 Å². The van der Waals surface area contributed by atoms with Crippen molar-refractivity contribution in [1.29, 1.82) is 0 Å². The third-order valence-corrected chi connectivity index (χ3v) is 6.68. The Morgan fingerprint density at radius 3 is 2.41 bits per heavy atom. The summed E-state index contributed by atoms with van der Waals surface area (Å²) >= 11 is 6.73. The molecule has 3 aromatic carbocycles. The van der Waals surface area contributed by atoms with E-state index in [0.29, 0.717) is 17.6 Å². The van der Waals surface area contributed by atoms with Gasteiger partial charge >= 0.3 is 5.97 Å². The maximum atomic E-state index is 12.1. The molecule has 1 saturated carbocycles. The van der Waals surface area contributed by atoms with Crippen LogP contribution in [0.25, 0.3) is 33.3 Å². The van der Waals surface area contributed by atoms with Gasteiger partial charge in [-0.05, 0) is 41.7 Å². The second-order valence-corrected chi connectivity index (χ2v) is 9.03. The van der Waals surface area contributed by atoms with Crippen LogP contribution in [0, 0.1) is 5.41 Å². The lowest BCUT2D eigenvalue weighted by molar-refractivity contribution is -0.148. The van der Waals surface area contributed by atoms with Gasteiger partial charge in [0.25, 0.3) is 6.01 Å². The Labute approximate surface area is 203 Å². The first-order valence-electron chi connectivity index (χ1n) is 11.2. The standard InChI is InChI=1S/C28H25ClN2O3/c1-3-15-31-25-17-23(29)22(21-11-9-20(10-12-21)19-7-5-4-6-8-19)16-24(25)30-27(31)34-18-28(13-14-28)26(32)33-2/h3-12,16-17H,1,13-15,18H2,2H3. The highest BCUT2D eigenvalue weighted by atomic mass is 35.5. The molecule has 5 rings (SSSR count). The number of carbonyl (C=O) groups excluding carboxylic acids is 1. The molecule has 0 saturated heterocycles. The van der Waals surface area contributed by atoms with Crippen molar-refractivity contribution in [2.75, 3.05) is 13.7 Å². The third-order valence-electron chi connectivity index (χ3n) is 6.37. The van der Waals surface area contributed by atoms with Crippen LogP contribution in [-0.4, -0.2) is 29.2 Å². The molecule has 0 amide bonds. The number of fused-ring (bicyclic) bond motifs is 1. The number of aromatic nitrogens is 2. The van der Waals surface area contributed by atoms with E-state index in [-0.39, 0.29) is 12.6 Å². The van der Waals surface area contributed by atoms with Crippen LogP contribution in [0.15, 0.2) is 79.4 Å². The molecule has 0 atom stereocenters. The SMILES string of the molecule is C=CCn1c(OCC2(C(=O)OC)CC2)nc2cc(-c3ccc(-c4ccccc4)cc3)c(Cl)cc21. The normalized spacial score (nSPS) is 14.1. The molecule has 6 heteroatoms. The van der Waals surface area contributed by atoms with Gasteiger partial charge < -0.3 is 9.47 Å². The zero-order chi connectivity index (χ0) is 23.7. The number of rotatable bonds is 8. The molecule has 1 fully saturated rings. The van der Waals surface area contributed by atoms with Crippen molar-refractivity contribution in [3.63, 3.8) is 0 Å². The first-order valence-corrected chi connectivity index (χ1v) is 11.6. The lowest BCUT2D eigenvalue weighted by Crippen LogP contribution is -2.25. The van der Waals surface area contributed by atoms with E-state index >= 15 is 0 Å². The van der Waals surface area contributed by atoms with Gasteiger partial charge in [-0.1, -0.05) is 72.3 Å². The average molecular weight is 473 g/mol. The highest BCUT2D eigenvalue weighted by molar-refractivity contribution is 6.34. The average Bonchev–Trinajstić information content (AvgIpc) is 3.60. The van der Waals surface area contributed by atoms with Gasteiger partial charge in [-0.2, -0.15) is 4.98 Å². The maximum absolute atomic E-state index is 12.1. The van der Waals surface area contributed by atoms with Crippen LogP contribution in [-0.2, 0) is 16.1 Å². The fourth-order valence-electron chi connectivity index (χ4n) is 4.21. The fourth-order valence-corrected chi connectivity index (χ4v) is 4.48. The molecule has 0 bridgehead atoms. The Kier molecular flexibility index (Phi) is 5.88. The van der Waals surface area contributed by atoms with Crippen molar-refractivity contribution in [2.24, 2.45) is 5.41 Å². The van der Waals surface area contributed by atoms with Gasteiger partial charge in [0.05, 0.1) is 23.2 Å². The van der Waals surface area contributed by atoms with E-state index in [1.807, 2.05) is 34.9 Å². The van der Waals surface area contributed by atoms with Gasteiger partial charge in [0.1, 0.15) is 12.0 Å². The number of imidazole rings is 1. The molecule has 5 nitrogen and oxygen atoms in total. The van der Waals surface area contributed by atoms with Gasteiger partial charge in [-0.15, -0.1) is 6.58 Å². The quantitative estimate of drug-likeness (QED) is 0.216. The van der Waals surface area contributed by atoms with Gasteiger partial charge in [-0.3, -0.25) is 9.36 Å². The highest BCUT2D eigenvalue weighted by Crippen LogP contribution is 2.47. The zero-order valence-electron chi connectivity index (χ0n) is 19.0. The summed E-state index contributed by atoms with van der Waals surface area (Å²) in [6.45, 7) is 4.61. The molecule has 1 heterocycles. The smallest absolute Gasteiger partial charge is 0.315 e. The van der Waals surface area contributed by atoms with Gasteiger partial charge in [0.2, 0.25) is 0 Å². The molecule has 34 heavy (non-hydrogen) atoms. The summed E-state index contributed by atoms with van der Waals surface area (Å²) in [5.74, 6) is -0.233. The molecule has 0 radical (unpaired) electrons. The van der Waals surface area contributed by atoms with Crippen LogP contribution in [0.1, 0.15) is 12.8 Å². The van der Waals surface area contributed by atoms with E-state index in [2.05, 4.69) is 43.0 Å². The molecular formula is C28H25ClN2O3.